The Morgan fingerprint density at radius 2 is 1.21 bits per heavy atom. The van der Waals surface area contributed by atoms with Crippen LogP contribution in [0, 0.1) is 5.92 Å². The van der Waals surface area contributed by atoms with E-state index in [0.717, 1.165) is 25.9 Å². The summed E-state index contributed by atoms with van der Waals surface area (Å²) in [6.45, 7) is 5.31. The van der Waals surface area contributed by atoms with Crippen molar-refractivity contribution in [2.24, 2.45) is 5.92 Å². The summed E-state index contributed by atoms with van der Waals surface area (Å²) in [7, 11) is 0. The molecular formula is C22H44O2. The highest BCUT2D eigenvalue weighted by Gasteiger charge is 2.28. The van der Waals surface area contributed by atoms with Crippen molar-refractivity contribution in [1.82, 2.24) is 0 Å². The molecule has 1 heterocycles. The molecule has 1 aliphatic heterocycles. The van der Waals surface area contributed by atoms with Crippen molar-refractivity contribution < 1.29 is 9.84 Å². The monoisotopic (exact) mass is 340 g/mol. The van der Waals surface area contributed by atoms with E-state index in [1.165, 1.54) is 83.5 Å². The van der Waals surface area contributed by atoms with Crippen LogP contribution in [0.2, 0.25) is 0 Å². The minimum atomic E-state index is -0.121. The summed E-state index contributed by atoms with van der Waals surface area (Å²) in [6.07, 6.45) is 20.9. The van der Waals surface area contributed by atoms with Crippen LogP contribution in [0.1, 0.15) is 117 Å². The Hall–Kier alpha value is -0.0800. The first kappa shape index (κ1) is 22.0. The summed E-state index contributed by atoms with van der Waals surface area (Å²) in [6, 6.07) is 0. The van der Waals surface area contributed by atoms with Crippen LogP contribution in [0.5, 0.6) is 0 Å². The zero-order valence-electron chi connectivity index (χ0n) is 16.6. The highest BCUT2D eigenvalue weighted by atomic mass is 16.5. The number of ether oxygens (including phenoxy) is 1. The van der Waals surface area contributed by atoms with Gasteiger partial charge in [-0.25, -0.2) is 0 Å². The van der Waals surface area contributed by atoms with Crippen molar-refractivity contribution in [2.75, 3.05) is 6.61 Å². The minimum Gasteiger partial charge on any atom is -0.393 e. The van der Waals surface area contributed by atoms with Gasteiger partial charge in [0.15, 0.2) is 0 Å². The van der Waals surface area contributed by atoms with Gasteiger partial charge in [0.1, 0.15) is 0 Å². The van der Waals surface area contributed by atoms with E-state index in [9.17, 15) is 5.11 Å². The zero-order chi connectivity index (χ0) is 17.5. The van der Waals surface area contributed by atoms with Crippen LogP contribution < -0.4 is 0 Å². The van der Waals surface area contributed by atoms with E-state index in [2.05, 4.69) is 13.8 Å². The summed E-state index contributed by atoms with van der Waals surface area (Å²) < 4.78 is 6.03. The third-order valence-electron chi connectivity index (χ3n) is 5.65. The molecule has 0 aromatic heterocycles. The van der Waals surface area contributed by atoms with E-state index >= 15 is 0 Å². The van der Waals surface area contributed by atoms with Crippen LogP contribution in [-0.4, -0.2) is 23.9 Å². The second-order valence-corrected chi connectivity index (χ2v) is 7.98. The van der Waals surface area contributed by atoms with Gasteiger partial charge in [0.25, 0.3) is 0 Å². The van der Waals surface area contributed by atoms with Crippen molar-refractivity contribution >= 4 is 0 Å². The van der Waals surface area contributed by atoms with Crippen molar-refractivity contribution in [3.8, 4) is 0 Å². The van der Waals surface area contributed by atoms with Gasteiger partial charge in [0, 0.05) is 5.92 Å². The molecule has 1 fully saturated rings. The Kier molecular flexibility index (Phi) is 13.9. The molecule has 3 unspecified atom stereocenters. The normalized spacial score (nSPS) is 24.4. The van der Waals surface area contributed by atoms with Crippen LogP contribution >= 0.6 is 0 Å². The summed E-state index contributed by atoms with van der Waals surface area (Å²) in [5.41, 5.74) is 0. The smallest absolute Gasteiger partial charge is 0.0615 e. The van der Waals surface area contributed by atoms with Crippen molar-refractivity contribution in [2.45, 2.75) is 129 Å². The molecule has 1 aliphatic rings. The lowest BCUT2D eigenvalue weighted by molar-refractivity contribution is -0.0884. The SMILES string of the molecule is CCCCCCCCCCCC1CC(O)C(CCCCCC)CO1. The maximum atomic E-state index is 10.4. The van der Waals surface area contributed by atoms with E-state index < -0.39 is 0 Å². The quantitative estimate of drug-likeness (QED) is 0.338. The molecule has 0 bridgehead atoms. The molecule has 1 saturated heterocycles. The van der Waals surface area contributed by atoms with Crippen molar-refractivity contribution in [3.05, 3.63) is 0 Å². The molecule has 2 heteroatoms. The molecule has 1 rings (SSSR count). The second-order valence-electron chi connectivity index (χ2n) is 7.98. The topological polar surface area (TPSA) is 29.5 Å². The molecule has 3 atom stereocenters. The van der Waals surface area contributed by atoms with Gasteiger partial charge in [0.2, 0.25) is 0 Å². The minimum absolute atomic E-state index is 0.121. The Balaban J connectivity index is 1.94. The summed E-state index contributed by atoms with van der Waals surface area (Å²) in [5, 5.41) is 10.4. The highest BCUT2D eigenvalue weighted by molar-refractivity contribution is 4.78. The van der Waals surface area contributed by atoms with Crippen LogP contribution in [-0.2, 0) is 4.74 Å². The van der Waals surface area contributed by atoms with Crippen LogP contribution in [0.25, 0.3) is 0 Å². The third kappa shape index (κ3) is 10.7. The van der Waals surface area contributed by atoms with Gasteiger partial charge < -0.3 is 9.84 Å². The molecule has 0 aromatic carbocycles. The maximum absolute atomic E-state index is 10.4. The van der Waals surface area contributed by atoms with Gasteiger partial charge in [-0.05, 0) is 19.3 Å². The molecule has 24 heavy (non-hydrogen) atoms. The summed E-state index contributed by atoms with van der Waals surface area (Å²) >= 11 is 0. The average Bonchev–Trinajstić information content (AvgIpc) is 2.59. The lowest BCUT2D eigenvalue weighted by Gasteiger charge is -2.33. The molecule has 0 aromatic rings. The van der Waals surface area contributed by atoms with Crippen LogP contribution in [0.15, 0.2) is 0 Å². The van der Waals surface area contributed by atoms with Crippen LogP contribution in [0.3, 0.4) is 0 Å². The fourth-order valence-electron chi connectivity index (χ4n) is 3.89. The Bertz CT molecular complexity index is 267. The number of aliphatic hydroxyl groups excluding tert-OH is 1. The van der Waals surface area contributed by atoms with E-state index in [0.29, 0.717) is 12.0 Å². The first-order chi connectivity index (χ1) is 11.8. The molecule has 144 valence electrons. The lowest BCUT2D eigenvalue weighted by Crippen LogP contribution is -2.37. The molecular weight excluding hydrogens is 296 g/mol. The Morgan fingerprint density at radius 3 is 1.79 bits per heavy atom. The molecule has 0 amide bonds. The van der Waals surface area contributed by atoms with Gasteiger partial charge in [0.05, 0.1) is 18.8 Å². The molecule has 0 spiro atoms. The van der Waals surface area contributed by atoms with E-state index in [1.807, 2.05) is 0 Å². The standard InChI is InChI=1S/C22H44O2/c1-3-5-7-9-10-11-12-13-15-17-21-18-22(23)20(19-24-21)16-14-8-6-4-2/h20-23H,3-19H2,1-2H3. The predicted molar refractivity (Wildman–Crippen MR) is 104 cm³/mol. The fourth-order valence-corrected chi connectivity index (χ4v) is 3.89. The van der Waals surface area contributed by atoms with E-state index in [4.69, 9.17) is 4.74 Å². The van der Waals surface area contributed by atoms with Gasteiger partial charge in [-0.15, -0.1) is 0 Å². The largest absolute Gasteiger partial charge is 0.393 e. The Labute approximate surface area is 151 Å². The third-order valence-corrected chi connectivity index (χ3v) is 5.65. The molecule has 1 N–H and O–H groups in total. The van der Waals surface area contributed by atoms with Gasteiger partial charge in [-0.3, -0.25) is 0 Å². The zero-order valence-corrected chi connectivity index (χ0v) is 16.6. The number of aliphatic hydroxyl groups is 1. The highest BCUT2D eigenvalue weighted by Crippen LogP contribution is 2.27. The predicted octanol–water partition coefficient (Wildman–Crippen LogP) is 6.64. The van der Waals surface area contributed by atoms with Gasteiger partial charge in [-0.1, -0.05) is 97.3 Å². The van der Waals surface area contributed by atoms with E-state index in [-0.39, 0.29) is 6.10 Å². The Morgan fingerprint density at radius 1 is 0.708 bits per heavy atom. The molecule has 0 aliphatic carbocycles. The number of hydrogen-bond donors (Lipinski definition) is 1. The van der Waals surface area contributed by atoms with Crippen molar-refractivity contribution in [3.63, 3.8) is 0 Å². The van der Waals surface area contributed by atoms with Gasteiger partial charge >= 0.3 is 0 Å². The van der Waals surface area contributed by atoms with Crippen molar-refractivity contribution in [1.29, 1.82) is 0 Å². The maximum Gasteiger partial charge on any atom is 0.0615 e. The summed E-state index contributed by atoms with van der Waals surface area (Å²) in [5.74, 6) is 0.390. The number of unbranched alkanes of at least 4 members (excludes halogenated alkanes) is 11. The molecule has 0 saturated carbocycles. The first-order valence-corrected chi connectivity index (χ1v) is 11.1. The van der Waals surface area contributed by atoms with Crippen LogP contribution in [0.4, 0.5) is 0 Å². The fraction of sp³-hybridized carbons (Fsp3) is 1.00. The molecule has 2 nitrogen and oxygen atoms in total. The number of hydrogen-bond acceptors (Lipinski definition) is 2. The lowest BCUT2D eigenvalue weighted by atomic mass is 9.89. The summed E-state index contributed by atoms with van der Waals surface area (Å²) in [4.78, 5) is 0. The van der Waals surface area contributed by atoms with E-state index in [1.54, 1.807) is 0 Å². The molecule has 0 radical (unpaired) electrons. The average molecular weight is 341 g/mol. The van der Waals surface area contributed by atoms with Gasteiger partial charge in [-0.2, -0.15) is 0 Å². The number of rotatable bonds is 15. The first-order valence-electron chi connectivity index (χ1n) is 11.1. The second kappa shape index (κ2) is 15.2.